The molecule has 0 spiro atoms. The molecule has 1 aliphatic rings. The molecule has 1 fully saturated rings. The molecule has 0 bridgehead atoms. The molecule has 1 heterocycles. The summed E-state index contributed by atoms with van der Waals surface area (Å²) in [7, 11) is 2.19. The van der Waals surface area contributed by atoms with Crippen molar-refractivity contribution in [1.82, 2.24) is 9.88 Å². The Morgan fingerprint density at radius 1 is 1.53 bits per heavy atom. The predicted octanol–water partition coefficient (Wildman–Crippen LogP) is 2.60. The number of pyridine rings is 1. The highest BCUT2D eigenvalue weighted by Gasteiger charge is 2.32. The second kappa shape index (κ2) is 5.50. The Bertz CT molecular complexity index is 364. The molecule has 2 unspecified atom stereocenters. The van der Waals surface area contributed by atoms with Crippen molar-refractivity contribution in [1.29, 1.82) is 0 Å². The molecular weight excluding hydrogens is 210 g/mol. The number of rotatable bonds is 6. The highest BCUT2D eigenvalue weighted by atomic mass is 15.1. The zero-order valence-electron chi connectivity index (χ0n) is 11.1. The van der Waals surface area contributed by atoms with Crippen LogP contribution in [-0.4, -0.2) is 30.0 Å². The minimum Gasteiger partial charge on any atom is -0.385 e. The molecule has 1 aromatic rings. The second-order valence-electron chi connectivity index (χ2n) is 5.24. The first kappa shape index (κ1) is 12.4. The van der Waals surface area contributed by atoms with E-state index in [2.05, 4.69) is 42.2 Å². The number of aromatic nitrogens is 1. The fraction of sp³-hybridized carbons (Fsp3) is 0.643. The SMILES string of the molecule is CCNc1ccnc(CN(C)CC2CC2C)c1. The number of nitrogens with one attached hydrogen (secondary N) is 1. The van der Waals surface area contributed by atoms with E-state index >= 15 is 0 Å². The van der Waals surface area contributed by atoms with E-state index in [4.69, 9.17) is 0 Å². The van der Waals surface area contributed by atoms with E-state index in [1.54, 1.807) is 0 Å². The van der Waals surface area contributed by atoms with Crippen molar-refractivity contribution in [2.75, 3.05) is 25.5 Å². The van der Waals surface area contributed by atoms with E-state index in [9.17, 15) is 0 Å². The van der Waals surface area contributed by atoms with Crippen LogP contribution in [0.15, 0.2) is 18.3 Å². The summed E-state index contributed by atoms with van der Waals surface area (Å²) in [6, 6.07) is 4.17. The van der Waals surface area contributed by atoms with Crippen molar-refractivity contribution in [3.8, 4) is 0 Å². The van der Waals surface area contributed by atoms with Gasteiger partial charge in [0.1, 0.15) is 0 Å². The first-order chi connectivity index (χ1) is 8.19. The Hall–Kier alpha value is -1.09. The van der Waals surface area contributed by atoms with Crippen LogP contribution < -0.4 is 5.32 Å². The van der Waals surface area contributed by atoms with Gasteiger partial charge >= 0.3 is 0 Å². The van der Waals surface area contributed by atoms with E-state index in [-0.39, 0.29) is 0 Å². The Kier molecular flexibility index (Phi) is 4.00. The van der Waals surface area contributed by atoms with Crippen LogP contribution in [0.5, 0.6) is 0 Å². The molecule has 3 heteroatoms. The normalized spacial score (nSPS) is 22.8. The van der Waals surface area contributed by atoms with Gasteiger partial charge in [-0.1, -0.05) is 6.92 Å². The van der Waals surface area contributed by atoms with Crippen LogP contribution in [-0.2, 0) is 6.54 Å². The van der Waals surface area contributed by atoms with Crippen LogP contribution in [0.25, 0.3) is 0 Å². The van der Waals surface area contributed by atoms with E-state index < -0.39 is 0 Å². The average Bonchev–Trinajstić information content (AvgIpc) is 2.94. The summed E-state index contributed by atoms with van der Waals surface area (Å²) in [4.78, 5) is 6.81. The van der Waals surface area contributed by atoms with Crippen LogP contribution in [0.2, 0.25) is 0 Å². The first-order valence-corrected chi connectivity index (χ1v) is 6.56. The van der Waals surface area contributed by atoms with Crippen molar-refractivity contribution < 1.29 is 0 Å². The Morgan fingerprint density at radius 3 is 2.94 bits per heavy atom. The minimum absolute atomic E-state index is 0.914. The van der Waals surface area contributed by atoms with Gasteiger partial charge < -0.3 is 10.2 Å². The maximum Gasteiger partial charge on any atom is 0.0564 e. The van der Waals surface area contributed by atoms with Crippen molar-refractivity contribution in [3.05, 3.63) is 24.0 Å². The summed E-state index contributed by atoms with van der Waals surface area (Å²) >= 11 is 0. The second-order valence-corrected chi connectivity index (χ2v) is 5.24. The molecule has 1 aromatic heterocycles. The molecule has 0 saturated heterocycles. The molecule has 3 nitrogen and oxygen atoms in total. The maximum atomic E-state index is 4.43. The highest BCUT2D eigenvalue weighted by molar-refractivity contribution is 5.42. The van der Waals surface area contributed by atoms with Gasteiger partial charge in [-0.3, -0.25) is 4.98 Å². The smallest absolute Gasteiger partial charge is 0.0564 e. The lowest BCUT2D eigenvalue weighted by molar-refractivity contribution is 0.304. The quantitative estimate of drug-likeness (QED) is 0.818. The third kappa shape index (κ3) is 3.70. The largest absolute Gasteiger partial charge is 0.385 e. The van der Waals surface area contributed by atoms with E-state index in [0.29, 0.717) is 0 Å². The number of hydrogen-bond acceptors (Lipinski definition) is 3. The molecule has 0 aliphatic heterocycles. The summed E-state index contributed by atoms with van der Waals surface area (Å²) < 4.78 is 0. The van der Waals surface area contributed by atoms with E-state index in [1.807, 2.05) is 12.3 Å². The number of anilines is 1. The fourth-order valence-corrected chi connectivity index (χ4v) is 2.27. The third-order valence-corrected chi connectivity index (χ3v) is 3.45. The molecule has 1 N–H and O–H groups in total. The summed E-state index contributed by atoms with van der Waals surface area (Å²) in [6.45, 7) is 7.55. The van der Waals surface area contributed by atoms with Crippen LogP contribution >= 0.6 is 0 Å². The first-order valence-electron chi connectivity index (χ1n) is 6.56. The topological polar surface area (TPSA) is 28.2 Å². The summed E-state index contributed by atoms with van der Waals surface area (Å²) in [5, 5.41) is 3.32. The minimum atomic E-state index is 0.914. The van der Waals surface area contributed by atoms with Gasteiger partial charge in [0.25, 0.3) is 0 Å². The summed E-state index contributed by atoms with van der Waals surface area (Å²) in [6.07, 6.45) is 3.29. The predicted molar refractivity (Wildman–Crippen MR) is 72.0 cm³/mol. The van der Waals surface area contributed by atoms with Crippen LogP contribution in [0.3, 0.4) is 0 Å². The number of nitrogens with zero attached hydrogens (tertiary/aromatic N) is 2. The van der Waals surface area contributed by atoms with Crippen LogP contribution in [0, 0.1) is 11.8 Å². The molecule has 94 valence electrons. The molecule has 1 aliphatic carbocycles. The van der Waals surface area contributed by atoms with Crippen LogP contribution in [0.1, 0.15) is 26.0 Å². The number of hydrogen-bond donors (Lipinski definition) is 1. The van der Waals surface area contributed by atoms with Gasteiger partial charge in [-0.05, 0) is 44.4 Å². The lowest BCUT2D eigenvalue weighted by Gasteiger charge is -2.16. The van der Waals surface area contributed by atoms with Gasteiger partial charge in [0, 0.05) is 31.5 Å². The standard InChI is InChI=1S/C14H23N3/c1-4-15-13-5-6-16-14(8-13)10-17(3)9-12-7-11(12)2/h5-6,8,11-12H,4,7,9-10H2,1-3H3,(H,15,16). The zero-order chi connectivity index (χ0) is 12.3. The lowest BCUT2D eigenvalue weighted by Crippen LogP contribution is -2.21. The lowest BCUT2D eigenvalue weighted by atomic mass is 10.2. The van der Waals surface area contributed by atoms with Gasteiger partial charge in [0.05, 0.1) is 5.69 Å². The van der Waals surface area contributed by atoms with Crippen LogP contribution in [0.4, 0.5) is 5.69 Å². The van der Waals surface area contributed by atoms with Crippen molar-refractivity contribution in [2.24, 2.45) is 11.8 Å². The molecule has 17 heavy (non-hydrogen) atoms. The molecule has 2 atom stereocenters. The Balaban J connectivity index is 1.86. The van der Waals surface area contributed by atoms with Gasteiger partial charge in [-0.15, -0.1) is 0 Å². The van der Waals surface area contributed by atoms with E-state index in [1.165, 1.54) is 18.7 Å². The monoisotopic (exact) mass is 233 g/mol. The summed E-state index contributed by atoms with van der Waals surface area (Å²) in [5.74, 6) is 1.84. The molecule has 0 aromatic carbocycles. The summed E-state index contributed by atoms with van der Waals surface area (Å²) in [5.41, 5.74) is 2.32. The van der Waals surface area contributed by atoms with E-state index in [0.717, 1.165) is 30.6 Å². The Morgan fingerprint density at radius 2 is 2.29 bits per heavy atom. The zero-order valence-corrected chi connectivity index (χ0v) is 11.1. The Labute approximate surface area is 104 Å². The average molecular weight is 233 g/mol. The van der Waals surface area contributed by atoms with Crippen molar-refractivity contribution in [2.45, 2.75) is 26.8 Å². The molecule has 0 radical (unpaired) electrons. The van der Waals surface area contributed by atoms with Gasteiger partial charge in [0.2, 0.25) is 0 Å². The molecule has 1 saturated carbocycles. The van der Waals surface area contributed by atoms with Crippen molar-refractivity contribution in [3.63, 3.8) is 0 Å². The van der Waals surface area contributed by atoms with Crippen molar-refractivity contribution >= 4 is 5.69 Å². The van der Waals surface area contributed by atoms with Gasteiger partial charge in [-0.25, -0.2) is 0 Å². The van der Waals surface area contributed by atoms with Gasteiger partial charge in [0.15, 0.2) is 0 Å². The molecule has 2 rings (SSSR count). The fourth-order valence-electron chi connectivity index (χ4n) is 2.27. The molecular formula is C14H23N3. The highest BCUT2D eigenvalue weighted by Crippen LogP contribution is 2.38. The third-order valence-electron chi connectivity index (χ3n) is 3.45. The maximum absolute atomic E-state index is 4.43. The van der Waals surface area contributed by atoms with Gasteiger partial charge in [-0.2, -0.15) is 0 Å². The molecule has 0 amide bonds.